The molecule has 0 aliphatic carbocycles. The van der Waals surface area contributed by atoms with Crippen molar-refractivity contribution in [3.8, 4) is 50.2 Å². The molecular weight excluding hydrogens is 677 g/mol. The Morgan fingerprint density at radius 3 is 1.38 bits per heavy atom. The number of hydrogen-bond donors (Lipinski definition) is 0. The summed E-state index contributed by atoms with van der Waals surface area (Å²) < 4.78 is 343. The van der Waals surface area contributed by atoms with E-state index in [9.17, 15) is 17.8 Å². The molecule has 0 bridgehead atoms. The Hall–Kier alpha value is -7.42. The predicted octanol–water partition coefficient (Wildman–Crippen LogP) is 14.9. The Morgan fingerprint density at radius 2 is 0.750 bits per heavy atom. The van der Waals surface area contributed by atoms with Crippen molar-refractivity contribution in [2.75, 3.05) is 4.90 Å². The van der Waals surface area contributed by atoms with E-state index in [1.54, 1.807) is 0 Å². The molecule has 2 nitrogen and oxygen atoms in total. The van der Waals surface area contributed by atoms with Gasteiger partial charge in [0.2, 0.25) is 0 Å². The minimum Gasteiger partial charge on any atom is -0.310 e. The number of rotatable bonds is 8. The molecule has 264 valence electrons. The number of fused-ring (bicyclic) bond motifs is 3. The van der Waals surface area contributed by atoms with Crippen molar-refractivity contribution in [2.45, 2.75) is 0 Å². The summed E-state index contributed by atoms with van der Waals surface area (Å²) in [6, 6.07) is -43.3. The molecule has 0 aliphatic rings. The molecule has 0 atom stereocenters. The summed E-state index contributed by atoms with van der Waals surface area (Å²) >= 11 is 0. The van der Waals surface area contributed by atoms with Crippen molar-refractivity contribution in [2.24, 2.45) is 0 Å². The van der Waals surface area contributed by atoms with Crippen molar-refractivity contribution in [3.63, 3.8) is 0 Å². The number of nitrogens with zero attached hydrogens (tertiary/aromatic N) is 2. The van der Waals surface area contributed by atoms with Crippen LogP contribution in [0.3, 0.4) is 0 Å². The molecule has 1 heterocycles. The zero-order valence-corrected chi connectivity index (χ0v) is 27.9. The third-order valence-corrected chi connectivity index (χ3v) is 8.06. The molecule has 0 aliphatic heterocycles. The van der Waals surface area contributed by atoms with E-state index >= 15 is 0 Å². The van der Waals surface area contributed by atoms with Gasteiger partial charge in [-0.3, -0.25) is 0 Å². The van der Waals surface area contributed by atoms with Crippen molar-refractivity contribution >= 4 is 38.9 Å². The van der Waals surface area contributed by atoms with Gasteiger partial charge in [-0.15, -0.1) is 0 Å². The maximum absolute atomic E-state index is 9.82. The molecule has 1 aromatic heterocycles. The van der Waals surface area contributed by atoms with Gasteiger partial charge in [-0.2, -0.15) is 0 Å². The molecule has 56 heavy (non-hydrogen) atoms. The third-order valence-electron chi connectivity index (χ3n) is 8.06. The Bertz CT molecular complexity index is 5010. The van der Waals surface area contributed by atoms with Crippen LogP contribution in [0.2, 0.25) is 0 Å². The Labute approximate surface area is 381 Å². The molecule has 0 spiro atoms. The number of anilines is 3. The van der Waals surface area contributed by atoms with Crippen molar-refractivity contribution < 1.29 is 52.1 Å². The van der Waals surface area contributed by atoms with Gasteiger partial charge in [0.15, 0.2) is 0 Å². The second kappa shape index (κ2) is 14.4. The minimum absolute atomic E-state index is 0.200. The van der Waals surface area contributed by atoms with Gasteiger partial charge in [0.25, 0.3) is 0 Å². The predicted molar refractivity (Wildman–Crippen MR) is 237 cm³/mol. The zero-order chi connectivity index (χ0) is 70.3. The SMILES string of the molecule is [2H]c1c([2H])c([2H])c(-c2c([2H])c([2H])c(-c3c([2H])c([2H])c(N(c4c([2H])c([2H])c(-c5c([2H])c([2H])c6c(c5[2H])c5c([2H])c([2H])c([2H])c([2H])c5n6-c5c([2H])c([2H])c([2H])c([2H])c5[2H])c([2H])c4[2H])c4c([2H])c([2H])c([2H])c([2H])c4-c4c([2H])c([2H])c([2H])c([2H])c4[2H])c([2H])c3[2H])c([2H])c2[2H])c([2H])c1[2H]. The van der Waals surface area contributed by atoms with Gasteiger partial charge < -0.3 is 9.47 Å². The van der Waals surface area contributed by atoms with Crippen LogP contribution in [0, 0.1) is 0 Å². The summed E-state index contributed by atoms with van der Waals surface area (Å²) in [6.45, 7) is 0. The average molecular weight is 753 g/mol. The molecule has 0 saturated carbocycles. The van der Waals surface area contributed by atoms with E-state index in [1.165, 1.54) is 0 Å². The maximum Gasteiger partial charge on any atom is 0.0645 e. The van der Waals surface area contributed by atoms with E-state index in [2.05, 4.69) is 0 Å². The lowest BCUT2D eigenvalue weighted by Gasteiger charge is -2.28. The number of benzene rings is 9. The van der Waals surface area contributed by atoms with E-state index in [0.29, 0.717) is 4.57 Å². The van der Waals surface area contributed by atoms with Crippen molar-refractivity contribution in [1.82, 2.24) is 4.57 Å². The molecule has 0 N–H and O–H groups in total. The number of aromatic nitrogens is 1. The van der Waals surface area contributed by atoms with Gasteiger partial charge in [0.05, 0.1) is 68.8 Å². The second-order valence-corrected chi connectivity index (χ2v) is 11.3. The van der Waals surface area contributed by atoms with Crippen molar-refractivity contribution in [3.05, 3.63) is 230 Å². The first-order chi connectivity index (χ1) is 43.6. The fourth-order valence-corrected chi connectivity index (χ4v) is 5.61. The molecule has 10 rings (SSSR count). The van der Waals surface area contributed by atoms with Gasteiger partial charge >= 0.3 is 0 Å². The van der Waals surface area contributed by atoms with E-state index < -0.39 is 319 Å². The molecule has 0 radical (unpaired) electrons. The summed E-state index contributed by atoms with van der Waals surface area (Å²) in [6.07, 6.45) is 0. The summed E-state index contributed by atoms with van der Waals surface area (Å²) in [5.41, 5.74) is -14.3. The van der Waals surface area contributed by atoms with Gasteiger partial charge in [-0.05, 0) is 99.4 Å². The Morgan fingerprint density at radius 1 is 0.321 bits per heavy atom. The first-order valence-electron chi connectivity index (χ1n) is 35.1. The summed E-state index contributed by atoms with van der Waals surface area (Å²) in [5.74, 6) is 0. The highest BCUT2D eigenvalue weighted by molar-refractivity contribution is 6.10. The fourth-order valence-electron chi connectivity index (χ4n) is 5.61. The first-order valence-corrected chi connectivity index (χ1v) is 16.1. The van der Waals surface area contributed by atoms with Crippen LogP contribution in [0.4, 0.5) is 17.1 Å². The summed E-state index contributed by atoms with van der Waals surface area (Å²) in [4.78, 5) is 0.200. The van der Waals surface area contributed by atoms with Gasteiger partial charge in [0, 0.05) is 33.4 Å². The van der Waals surface area contributed by atoms with Crippen LogP contribution in [-0.2, 0) is 0 Å². The van der Waals surface area contributed by atoms with E-state index in [4.69, 9.17) is 34.3 Å². The quantitative estimate of drug-likeness (QED) is 0.150. The van der Waals surface area contributed by atoms with Crippen LogP contribution in [-0.4, -0.2) is 4.57 Å². The fraction of sp³-hybridized carbons (Fsp3) is 0. The normalized spacial score (nSPS) is 20.7. The molecule has 2 heteroatoms. The van der Waals surface area contributed by atoms with Gasteiger partial charge in [-0.25, -0.2) is 0 Å². The van der Waals surface area contributed by atoms with Crippen LogP contribution in [0.15, 0.2) is 230 Å². The molecule has 0 unspecified atom stereocenters. The largest absolute Gasteiger partial charge is 0.310 e. The maximum atomic E-state index is 9.82. The van der Waals surface area contributed by atoms with E-state index in [1.807, 2.05) is 0 Å². The Balaban J connectivity index is 1.37. The summed E-state index contributed by atoms with van der Waals surface area (Å²) in [5, 5.41) is -1.40. The lowest BCUT2D eigenvalue weighted by molar-refractivity contribution is 1.18. The van der Waals surface area contributed by atoms with Crippen LogP contribution < -0.4 is 4.90 Å². The van der Waals surface area contributed by atoms with Crippen molar-refractivity contribution in [1.29, 1.82) is 0 Å². The minimum atomic E-state index is -1.45. The molecule has 0 saturated heterocycles. The highest BCUT2D eigenvalue weighted by Crippen LogP contribution is 2.42. The molecule has 0 amide bonds. The molecular formula is C54H38N2. The van der Waals surface area contributed by atoms with Crippen LogP contribution in [0.5, 0.6) is 0 Å². The van der Waals surface area contributed by atoms with E-state index in [0.717, 1.165) is 0 Å². The lowest BCUT2D eigenvalue weighted by Crippen LogP contribution is -2.11. The highest BCUT2D eigenvalue weighted by atomic mass is 15.1. The first kappa shape index (κ1) is 12.0. The second-order valence-electron chi connectivity index (χ2n) is 11.3. The smallest absolute Gasteiger partial charge is 0.0645 e. The molecule has 10 aromatic rings. The number of hydrogen-bond acceptors (Lipinski definition) is 1. The Kier molecular flexibility index (Phi) is 3.10. The average Bonchev–Trinajstić information content (AvgIpc) is 1.42. The standard InChI is InChI=1S/C54H38N2/c1-4-14-39(15-5-1)40-24-26-41(27-25-40)42-28-33-47(34-29-42)55(52-22-12-10-20-49(52)44-16-6-2-7-17-44)48-35-30-43(31-36-48)45-32-37-54-51(38-45)50-21-11-13-23-53(50)56(54)46-18-8-3-9-19-46/h1-38H/i1D,2D,3D,4D,5D,6D,7D,8D,9D,10D,11D,12D,13D,14D,15D,16D,17D,18D,19D,20D,21D,22D,23D,24D,25D,26D,27D,28D,29D,30D,31D,32D,33D,34D,35D,36D,37D,38D. The lowest BCUT2D eigenvalue weighted by atomic mass is 9.99. The third kappa shape index (κ3) is 6.14. The van der Waals surface area contributed by atoms with E-state index in [-0.39, 0.29) is 4.90 Å². The number of para-hydroxylation sites is 3. The summed E-state index contributed by atoms with van der Waals surface area (Å²) in [7, 11) is 0. The molecule has 0 fully saturated rings. The zero-order valence-electron chi connectivity index (χ0n) is 65.9. The van der Waals surface area contributed by atoms with Crippen LogP contribution in [0.25, 0.3) is 72.0 Å². The van der Waals surface area contributed by atoms with Gasteiger partial charge in [0.1, 0.15) is 0 Å². The van der Waals surface area contributed by atoms with Crippen LogP contribution in [0.1, 0.15) is 52.1 Å². The molecule has 9 aromatic carbocycles. The van der Waals surface area contributed by atoms with Crippen LogP contribution >= 0.6 is 0 Å². The monoisotopic (exact) mass is 753 g/mol. The highest BCUT2D eigenvalue weighted by Gasteiger charge is 2.18. The van der Waals surface area contributed by atoms with Gasteiger partial charge in [-0.1, -0.05) is 169 Å². The topological polar surface area (TPSA) is 8.17 Å².